The largest absolute Gasteiger partial charge is 0.356 e. The summed E-state index contributed by atoms with van der Waals surface area (Å²) in [5.74, 6) is 1.45. The van der Waals surface area contributed by atoms with Gasteiger partial charge in [0.05, 0.1) is 0 Å². The van der Waals surface area contributed by atoms with Crippen LogP contribution in [0.2, 0.25) is 0 Å². The molecule has 0 bridgehead atoms. The molecule has 0 saturated heterocycles. The van der Waals surface area contributed by atoms with Crippen molar-refractivity contribution in [1.29, 1.82) is 0 Å². The minimum Gasteiger partial charge on any atom is -0.356 e. The van der Waals surface area contributed by atoms with Crippen molar-refractivity contribution in [2.45, 2.75) is 53.0 Å². The number of guanidine groups is 1. The summed E-state index contributed by atoms with van der Waals surface area (Å²) in [7, 11) is 3.49. The summed E-state index contributed by atoms with van der Waals surface area (Å²) in [6.07, 6.45) is 3.32. The fourth-order valence-electron chi connectivity index (χ4n) is 1.57. The Morgan fingerprint density at radius 3 is 2.35 bits per heavy atom. The Balaban J connectivity index is 4.39. The summed E-state index contributed by atoms with van der Waals surface area (Å²) >= 11 is 0. The summed E-state index contributed by atoms with van der Waals surface area (Å²) in [5.41, 5.74) is 0. The number of likely N-dealkylation sites (N-methyl/N-ethyl adjacent to an activating group) is 1. The molecule has 20 heavy (non-hydrogen) atoms. The van der Waals surface area contributed by atoms with Gasteiger partial charge in [-0.3, -0.25) is 4.79 Å². The van der Waals surface area contributed by atoms with Gasteiger partial charge in [-0.05, 0) is 32.1 Å². The molecule has 0 saturated carbocycles. The molecule has 0 aromatic heterocycles. The maximum absolute atomic E-state index is 11.6. The smallest absolute Gasteiger partial charge is 0.243 e. The van der Waals surface area contributed by atoms with Crippen molar-refractivity contribution in [3.8, 4) is 0 Å². The predicted molar refractivity (Wildman–Crippen MR) is 86.0 cm³/mol. The zero-order chi connectivity index (χ0) is 15.5. The molecule has 0 fully saturated rings. The van der Waals surface area contributed by atoms with E-state index in [1.807, 2.05) is 0 Å². The molecule has 5 nitrogen and oxygen atoms in total. The van der Waals surface area contributed by atoms with E-state index in [2.05, 4.69) is 43.3 Å². The Kier molecular flexibility index (Phi) is 9.86. The molecule has 1 unspecified atom stereocenters. The number of carbonyl (C=O) groups excluding carboxylic acids is 1. The van der Waals surface area contributed by atoms with E-state index in [4.69, 9.17) is 0 Å². The van der Waals surface area contributed by atoms with Gasteiger partial charge in [0.25, 0.3) is 0 Å². The Morgan fingerprint density at radius 1 is 1.20 bits per heavy atom. The number of nitrogens with one attached hydrogen (secondary N) is 2. The lowest BCUT2D eigenvalue weighted by molar-refractivity contribution is -0.127. The lowest BCUT2D eigenvalue weighted by atomic mass is 10.0. The van der Waals surface area contributed by atoms with E-state index in [9.17, 15) is 4.79 Å². The van der Waals surface area contributed by atoms with E-state index in [1.165, 1.54) is 6.42 Å². The van der Waals surface area contributed by atoms with Crippen LogP contribution < -0.4 is 10.6 Å². The van der Waals surface area contributed by atoms with E-state index in [1.54, 1.807) is 19.0 Å². The highest BCUT2D eigenvalue weighted by Crippen LogP contribution is 2.06. The number of carbonyl (C=O) groups is 1. The van der Waals surface area contributed by atoms with Gasteiger partial charge in [-0.1, -0.05) is 20.8 Å². The molecule has 0 aliphatic rings. The first-order valence-electron chi connectivity index (χ1n) is 7.61. The van der Waals surface area contributed by atoms with Crippen LogP contribution >= 0.6 is 0 Å². The summed E-state index contributed by atoms with van der Waals surface area (Å²) in [6, 6.07) is 0.356. The molecule has 0 aromatic rings. The Morgan fingerprint density at radius 2 is 1.85 bits per heavy atom. The van der Waals surface area contributed by atoms with E-state index in [0.717, 1.165) is 25.3 Å². The third-order valence-corrected chi connectivity index (χ3v) is 2.97. The first-order valence-corrected chi connectivity index (χ1v) is 7.61. The molecule has 0 spiro atoms. The second-order valence-electron chi connectivity index (χ2n) is 5.90. The zero-order valence-electron chi connectivity index (χ0n) is 14.0. The maximum Gasteiger partial charge on any atom is 0.243 e. The fraction of sp³-hybridized carbons (Fsp3) is 0.867. The minimum atomic E-state index is 0.0115. The van der Waals surface area contributed by atoms with Crippen molar-refractivity contribution in [2.75, 3.05) is 27.2 Å². The standard InChI is InChI=1S/C15H32N4O/c1-7-10-16-15(17-11-14(20)19(5)6)18-13(4)9-8-12(2)3/h12-13H,7-11H2,1-6H3,(H2,16,17,18). The van der Waals surface area contributed by atoms with Crippen molar-refractivity contribution < 1.29 is 4.79 Å². The predicted octanol–water partition coefficient (Wildman–Crippen LogP) is 1.84. The minimum absolute atomic E-state index is 0.0115. The molecule has 0 aromatic carbocycles. The topological polar surface area (TPSA) is 56.7 Å². The van der Waals surface area contributed by atoms with Crippen molar-refractivity contribution >= 4 is 11.9 Å². The van der Waals surface area contributed by atoms with E-state index in [0.29, 0.717) is 12.0 Å². The maximum atomic E-state index is 11.6. The summed E-state index contributed by atoms with van der Waals surface area (Å²) < 4.78 is 0. The molecule has 1 atom stereocenters. The number of amides is 1. The number of aliphatic imine (C=N–C) groups is 1. The van der Waals surface area contributed by atoms with Gasteiger partial charge in [-0.15, -0.1) is 0 Å². The van der Waals surface area contributed by atoms with Crippen molar-refractivity contribution in [3.05, 3.63) is 0 Å². The van der Waals surface area contributed by atoms with Gasteiger partial charge < -0.3 is 15.5 Å². The molecule has 1 amide bonds. The van der Waals surface area contributed by atoms with Crippen molar-refractivity contribution in [1.82, 2.24) is 15.5 Å². The SMILES string of the molecule is CCCNC(=NCC(=O)N(C)C)NC(C)CCC(C)C. The van der Waals surface area contributed by atoms with E-state index >= 15 is 0 Å². The van der Waals surface area contributed by atoms with Crippen LogP contribution in [-0.4, -0.2) is 50.0 Å². The molecule has 0 radical (unpaired) electrons. The van der Waals surface area contributed by atoms with Crippen molar-refractivity contribution in [2.24, 2.45) is 10.9 Å². The number of nitrogens with zero attached hydrogens (tertiary/aromatic N) is 2. The highest BCUT2D eigenvalue weighted by Gasteiger charge is 2.08. The zero-order valence-corrected chi connectivity index (χ0v) is 14.0. The number of rotatable bonds is 8. The third-order valence-electron chi connectivity index (χ3n) is 2.97. The lowest BCUT2D eigenvalue weighted by Crippen LogP contribution is -2.43. The number of hydrogen-bond donors (Lipinski definition) is 2. The van der Waals surface area contributed by atoms with Gasteiger partial charge in [-0.2, -0.15) is 0 Å². The van der Waals surface area contributed by atoms with Crippen molar-refractivity contribution in [3.63, 3.8) is 0 Å². The lowest BCUT2D eigenvalue weighted by Gasteiger charge is -2.19. The van der Waals surface area contributed by atoms with E-state index in [-0.39, 0.29) is 12.5 Å². The second kappa shape index (κ2) is 10.5. The number of hydrogen-bond acceptors (Lipinski definition) is 2. The van der Waals surface area contributed by atoms with Crippen LogP contribution in [0, 0.1) is 5.92 Å². The van der Waals surface area contributed by atoms with Crippen LogP contribution in [-0.2, 0) is 4.79 Å². The molecular formula is C15H32N4O. The Bertz CT molecular complexity index is 300. The average molecular weight is 284 g/mol. The van der Waals surface area contributed by atoms with Crippen LogP contribution in [0.3, 0.4) is 0 Å². The molecule has 118 valence electrons. The molecule has 0 aliphatic heterocycles. The Hall–Kier alpha value is -1.26. The molecule has 2 N–H and O–H groups in total. The van der Waals surface area contributed by atoms with Crippen LogP contribution in [0.15, 0.2) is 4.99 Å². The summed E-state index contributed by atoms with van der Waals surface area (Å²) in [5, 5.41) is 6.62. The molecule has 0 aliphatic carbocycles. The van der Waals surface area contributed by atoms with Crippen LogP contribution in [0.5, 0.6) is 0 Å². The Labute approximate surface area is 124 Å². The highest BCUT2D eigenvalue weighted by molar-refractivity contribution is 5.84. The van der Waals surface area contributed by atoms with Gasteiger partial charge in [0.15, 0.2) is 5.96 Å². The fourth-order valence-corrected chi connectivity index (χ4v) is 1.57. The third kappa shape index (κ3) is 9.64. The second-order valence-corrected chi connectivity index (χ2v) is 5.90. The monoisotopic (exact) mass is 284 g/mol. The van der Waals surface area contributed by atoms with Crippen LogP contribution in [0.1, 0.15) is 47.0 Å². The van der Waals surface area contributed by atoms with Gasteiger partial charge in [0.1, 0.15) is 6.54 Å². The summed E-state index contributed by atoms with van der Waals surface area (Å²) in [4.78, 5) is 17.5. The molecular weight excluding hydrogens is 252 g/mol. The quantitative estimate of drug-likeness (QED) is 0.528. The van der Waals surface area contributed by atoms with Crippen LogP contribution in [0.25, 0.3) is 0 Å². The molecule has 0 rings (SSSR count). The van der Waals surface area contributed by atoms with Gasteiger partial charge in [0, 0.05) is 26.7 Å². The normalized spacial score (nSPS) is 13.2. The first-order chi connectivity index (χ1) is 9.36. The van der Waals surface area contributed by atoms with Gasteiger partial charge in [-0.25, -0.2) is 4.99 Å². The van der Waals surface area contributed by atoms with Gasteiger partial charge >= 0.3 is 0 Å². The van der Waals surface area contributed by atoms with Gasteiger partial charge in [0.2, 0.25) is 5.91 Å². The first kappa shape index (κ1) is 18.7. The highest BCUT2D eigenvalue weighted by atomic mass is 16.2. The van der Waals surface area contributed by atoms with Crippen LogP contribution in [0.4, 0.5) is 0 Å². The summed E-state index contributed by atoms with van der Waals surface area (Å²) in [6.45, 7) is 9.76. The van der Waals surface area contributed by atoms with E-state index < -0.39 is 0 Å². The molecule has 5 heteroatoms. The molecule has 0 heterocycles. The average Bonchev–Trinajstić information content (AvgIpc) is 2.38.